The Morgan fingerprint density at radius 3 is 2.41 bits per heavy atom. The highest BCUT2D eigenvalue weighted by atomic mass is 32.1. The summed E-state index contributed by atoms with van der Waals surface area (Å²) in [6.45, 7) is 2.62. The van der Waals surface area contributed by atoms with Crippen molar-refractivity contribution in [3.63, 3.8) is 0 Å². The molecular weight excluding hydrogens is 380 g/mol. The van der Waals surface area contributed by atoms with Crippen molar-refractivity contribution < 1.29 is 9.59 Å². The van der Waals surface area contributed by atoms with E-state index >= 15 is 0 Å². The number of likely N-dealkylation sites (tertiary alicyclic amines) is 1. The minimum absolute atomic E-state index is 0.0440. The third-order valence-corrected chi connectivity index (χ3v) is 6.28. The summed E-state index contributed by atoms with van der Waals surface area (Å²) in [4.78, 5) is 28.0. The third-order valence-electron chi connectivity index (χ3n) is 5.42. The number of hydrogen-bond donors (Lipinski definition) is 1. The van der Waals surface area contributed by atoms with E-state index in [0.717, 1.165) is 17.5 Å². The fourth-order valence-electron chi connectivity index (χ4n) is 3.81. The molecule has 3 aromatic rings. The van der Waals surface area contributed by atoms with E-state index in [0.29, 0.717) is 17.8 Å². The maximum absolute atomic E-state index is 12.9. The Morgan fingerprint density at radius 2 is 1.72 bits per heavy atom. The predicted octanol–water partition coefficient (Wildman–Crippen LogP) is 4.90. The highest BCUT2D eigenvalue weighted by molar-refractivity contribution is 7.12. The fourth-order valence-corrected chi connectivity index (χ4v) is 4.49. The van der Waals surface area contributed by atoms with E-state index < -0.39 is 6.04 Å². The zero-order valence-electron chi connectivity index (χ0n) is 16.4. The highest BCUT2D eigenvalue weighted by Crippen LogP contribution is 2.25. The van der Waals surface area contributed by atoms with Crippen molar-refractivity contribution in [3.05, 3.63) is 82.6 Å². The Bertz CT molecular complexity index is 968. The molecule has 1 aliphatic rings. The maximum atomic E-state index is 12.9. The van der Waals surface area contributed by atoms with Crippen LogP contribution in [0.15, 0.2) is 72.1 Å². The Morgan fingerprint density at radius 1 is 1.00 bits per heavy atom. The van der Waals surface area contributed by atoms with Gasteiger partial charge in [0.2, 0.25) is 5.91 Å². The predicted molar refractivity (Wildman–Crippen MR) is 117 cm³/mol. The molecule has 2 amide bonds. The average Bonchev–Trinajstić information content (AvgIpc) is 3.46. The van der Waals surface area contributed by atoms with Gasteiger partial charge in [-0.05, 0) is 47.9 Å². The van der Waals surface area contributed by atoms with Gasteiger partial charge in [-0.1, -0.05) is 60.7 Å². The molecule has 0 radical (unpaired) electrons. The van der Waals surface area contributed by atoms with E-state index in [9.17, 15) is 9.59 Å². The second-order valence-corrected chi connectivity index (χ2v) is 8.30. The molecule has 4 nitrogen and oxygen atoms in total. The lowest BCUT2D eigenvalue weighted by atomic mass is 10.0. The first-order valence-corrected chi connectivity index (χ1v) is 10.8. The van der Waals surface area contributed by atoms with Crippen molar-refractivity contribution in [2.45, 2.75) is 31.8 Å². The van der Waals surface area contributed by atoms with Gasteiger partial charge in [-0.3, -0.25) is 9.59 Å². The largest absolute Gasteiger partial charge is 0.348 e. The molecule has 0 spiro atoms. The van der Waals surface area contributed by atoms with E-state index in [1.807, 2.05) is 42.6 Å². The highest BCUT2D eigenvalue weighted by Gasteiger charge is 2.35. The first kappa shape index (κ1) is 19.4. The van der Waals surface area contributed by atoms with E-state index in [2.05, 4.69) is 41.7 Å². The Hall–Kier alpha value is -2.92. The molecule has 2 unspecified atom stereocenters. The number of thiophene rings is 1. The lowest BCUT2D eigenvalue weighted by Gasteiger charge is -2.25. The average molecular weight is 405 g/mol. The molecule has 29 heavy (non-hydrogen) atoms. The van der Waals surface area contributed by atoms with Crippen LogP contribution in [0.2, 0.25) is 0 Å². The van der Waals surface area contributed by atoms with Crippen LogP contribution in [0.25, 0.3) is 11.1 Å². The Balaban J connectivity index is 1.42. The molecule has 2 atom stereocenters. The van der Waals surface area contributed by atoms with Crippen LogP contribution >= 0.6 is 11.3 Å². The molecule has 4 rings (SSSR count). The molecule has 0 bridgehead atoms. The van der Waals surface area contributed by atoms with Crippen molar-refractivity contribution in [1.82, 2.24) is 10.2 Å². The van der Waals surface area contributed by atoms with Crippen LogP contribution in [-0.2, 0) is 4.79 Å². The van der Waals surface area contributed by atoms with Gasteiger partial charge in [-0.2, -0.15) is 0 Å². The monoisotopic (exact) mass is 404 g/mol. The summed E-state index contributed by atoms with van der Waals surface area (Å²) >= 11 is 1.42. The molecule has 1 aliphatic heterocycles. The zero-order chi connectivity index (χ0) is 20.2. The number of benzene rings is 2. The van der Waals surface area contributed by atoms with Gasteiger partial charge in [-0.15, -0.1) is 11.3 Å². The van der Waals surface area contributed by atoms with Crippen molar-refractivity contribution in [1.29, 1.82) is 0 Å². The lowest BCUT2D eigenvalue weighted by molar-refractivity contribution is -0.125. The Kier molecular flexibility index (Phi) is 5.76. The standard InChI is InChI=1S/C24H24N2O2S/c1-17(18-11-13-20(14-12-18)19-7-3-2-4-8-19)25-23(27)21-9-5-15-26(21)24(28)22-10-6-16-29-22/h2-4,6-8,10-14,16-17,21H,5,9,15H2,1H3,(H,25,27). The molecule has 2 heterocycles. The number of hydrogen-bond acceptors (Lipinski definition) is 3. The topological polar surface area (TPSA) is 49.4 Å². The second kappa shape index (κ2) is 8.62. The molecule has 2 aromatic carbocycles. The third kappa shape index (κ3) is 4.25. The van der Waals surface area contributed by atoms with Gasteiger partial charge in [0, 0.05) is 6.54 Å². The number of carbonyl (C=O) groups is 2. The maximum Gasteiger partial charge on any atom is 0.264 e. The van der Waals surface area contributed by atoms with Gasteiger partial charge in [0.15, 0.2) is 0 Å². The molecule has 1 aromatic heterocycles. The smallest absolute Gasteiger partial charge is 0.264 e. The summed E-state index contributed by atoms with van der Waals surface area (Å²) in [6, 6.07) is 21.7. The molecule has 148 valence electrons. The summed E-state index contributed by atoms with van der Waals surface area (Å²) in [5.41, 5.74) is 3.37. The SMILES string of the molecule is CC(NC(=O)C1CCCN1C(=O)c1cccs1)c1ccc(-c2ccccc2)cc1. The van der Waals surface area contributed by atoms with Crippen LogP contribution in [0.5, 0.6) is 0 Å². The molecule has 0 aliphatic carbocycles. The second-order valence-electron chi connectivity index (χ2n) is 7.35. The van der Waals surface area contributed by atoms with Gasteiger partial charge in [-0.25, -0.2) is 0 Å². The van der Waals surface area contributed by atoms with Gasteiger partial charge >= 0.3 is 0 Å². The minimum Gasteiger partial charge on any atom is -0.348 e. The van der Waals surface area contributed by atoms with E-state index in [-0.39, 0.29) is 17.9 Å². The van der Waals surface area contributed by atoms with Crippen LogP contribution in [0, 0.1) is 0 Å². The van der Waals surface area contributed by atoms with Gasteiger partial charge < -0.3 is 10.2 Å². The number of rotatable bonds is 5. The number of amides is 2. The van der Waals surface area contributed by atoms with Crippen molar-refractivity contribution in [2.75, 3.05) is 6.54 Å². The van der Waals surface area contributed by atoms with E-state index in [1.54, 1.807) is 4.90 Å². The molecular formula is C24H24N2O2S. The van der Waals surface area contributed by atoms with Crippen LogP contribution in [-0.4, -0.2) is 29.3 Å². The van der Waals surface area contributed by atoms with Crippen LogP contribution in [0.1, 0.15) is 41.0 Å². The van der Waals surface area contributed by atoms with Gasteiger partial charge in [0.1, 0.15) is 6.04 Å². The van der Waals surface area contributed by atoms with Crippen molar-refractivity contribution in [2.24, 2.45) is 0 Å². The van der Waals surface area contributed by atoms with Crippen LogP contribution < -0.4 is 5.32 Å². The molecule has 1 fully saturated rings. The number of nitrogens with zero attached hydrogens (tertiary/aromatic N) is 1. The quantitative estimate of drug-likeness (QED) is 0.658. The van der Waals surface area contributed by atoms with Gasteiger partial charge in [0.05, 0.1) is 10.9 Å². The molecule has 1 saturated heterocycles. The molecule has 5 heteroatoms. The van der Waals surface area contributed by atoms with Gasteiger partial charge in [0.25, 0.3) is 5.91 Å². The van der Waals surface area contributed by atoms with Crippen LogP contribution in [0.3, 0.4) is 0 Å². The van der Waals surface area contributed by atoms with Crippen molar-refractivity contribution >= 4 is 23.2 Å². The van der Waals surface area contributed by atoms with Crippen LogP contribution in [0.4, 0.5) is 0 Å². The summed E-state index contributed by atoms with van der Waals surface area (Å²) in [5.74, 6) is -0.121. The number of nitrogens with one attached hydrogen (secondary N) is 1. The summed E-state index contributed by atoms with van der Waals surface area (Å²) < 4.78 is 0. The normalized spacial score (nSPS) is 17.1. The minimum atomic E-state index is -0.393. The van der Waals surface area contributed by atoms with E-state index in [1.165, 1.54) is 16.9 Å². The van der Waals surface area contributed by atoms with Crippen molar-refractivity contribution in [3.8, 4) is 11.1 Å². The van der Waals surface area contributed by atoms with E-state index in [4.69, 9.17) is 0 Å². The molecule has 0 saturated carbocycles. The lowest BCUT2D eigenvalue weighted by Crippen LogP contribution is -2.46. The first-order valence-electron chi connectivity index (χ1n) is 9.94. The summed E-state index contributed by atoms with van der Waals surface area (Å²) in [7, 11) is 0. The summed E-state index contributed by atoms with van der Waals surface area (Å²) in [5, 5.41) is 4.99. The fraction of sp³-hybridized carbons (Fsp3) is 0.250. The Labute approximate surface area is 175 Å². The first-order chi connectivity index (χ1) is 14.1. The molecule has 1 N–H and O–H groups in total. The zero-order valence-corrected chi connectivity index (χ0v) is 17.2. The summed E-state index contributed by atoms with van der Waals surface area (Å²) in [6.07, 6.45) is 1.57. The number of carbonyl (C=O) groups excluding carboxylic acids is 2.